The molecule has 3 amide bonds. The minimum atomic E-state index is -0.640. The number of carbonyl (C=O) groups excluding carboxylic acids is 3. The van der Waals surface area contributed by atoms with Crippen molar-refractivity contribution in [1.82, 2.24) is 14.8 Å². The maximum atomic E-state index is 14.7. The van der Waals surface area contributed by atoms with E-state index in [0.717, 1.165) is 11.1 Å². The summed E-state index contributed by atoms with van der Waals surface area (Å²) in [5.41, 5.74) is 0.904. The number of rotatable bonds is 6. The van der Waals surface area contributed by atoms with E-state index in [-0.39, 0.29) is 11.8 Å². The lowest BCUT2D eigenvalue weighted by Crippen LogP contribution is -2.49. The highest BCUT2D eigenvalue weighted by Crippen LogP contribution is 2.31. The average Bonchev–Trinajstić information content (AvgIpc) is 3.46. The molecule has 2 aromatic heterocycles. The number of hydrogen-bond acceptors (Lipinski definition) is 9. The Morgan fingerprint density at radius 1 is 0.913 bits per heavy atom. The van der Waals surface area contributed by atoms with Gasteiger partial charge in [-0.1, -0.05) is 6.07 Å². The Balaban J connectivity index is 1.07. The van der Waals surface area contributed by atoms with E-state index in [1.165, 1.54) is 29.5 Å². The Kier molecular flexibility index (Phi) is 8.78. The minimum absolute atomic E-state index is 0.0680. The number of thiophene rings is 1. The second-order valence-corrected chi connectivity index (χ2v) is 13.0. The number of benzene rings is 2. The summed E-state index contributed by atoms with van der Waals surface area (Å²) in [7, 11) is 0. The van der Waals surface area contributed by atoms with Gasteiger partial charge in [-0.25, -0.2) is 14.2 Å². The van der Waals surface area contributed by atoms with Crippen LogP contribution >= 0.6 is 11.3 Å². The molecule has 0 bridgehead atoms. The molecule has 1 saturated heterocycles. The molecule has 0 aliphatic carbocycles. The third-order valence-electron chi connectivity index (χ3n) is 7.35. The number of carbonyl (C=O) groups is 3. The summed E-state index contributed by atoms with van der Waals surface area (Å²) >= 11 is 1.21. The van der Waals surface area contributed by atoms with Gasteiger partial charge in [-0.15, -0.1) is 11.3 Å². The van der Waals surface area contributed by atoms with Gasteiger partial charge in [0, 0.05) is 49.4 Å². The Morgan fingerprint density at radius 3 is 2.43 bits per heavy atom. The van der Waals surface area contributed by atoms with Crippen LogP contribution in [0.5, 0.6) is 11.5 Å². The molecule has 0 spiro atoms. The molecule has 240 valence electrons. The topological polar surface area (TPSA) is 122 Å². The lowest BCUT2D eigenvalue weighted by atomic mass is 10.1. The van der Waals surface area contributed by atoms with Crippen LogP contribution in [0.1, 0.15) is 46.5 Å². The number of aromatic nitrogens is 1. The third kappa shape index (κ3) is 7.37. The SMILES string of the molecule is CC(C)(C)OC(=O)N1CCN(Cc2ccc3cc(C(=O)Nc4cc(NC(=O)c5ccc6c(c5)OCCO6)ccc4F)sc3n2)CC1. The first-order chi connectivity index (χ1) is 22.0. The quantitative estimate of drug-likeness (QED) is 0.271. The van der Waals surface area contributed by atoms with Gasteiger partial charge in [0.05, 0.1) is 16.3 Å². The van der Waals surface area contributed by atoms with Gasteiger partial charge in [-0.3, -0.25) is 14.5 Å². The van der Waals surface area contributed by atoms with Crippen molar-refractivity contribution in [3.05, 3.63) is 76.5 Å². The van der Waals surface area contributed by atoms with E-state index in [0.29, 0.717) is 78.4 Å². The number of halogens is 1. The van der Waals surface area contributed by atoms with Crippen LogP contribution in [0.15, 0.2) is 54.6 Å². The Bertz CT molecular complexity index is 1800. The Hall–Kier alpha value is -4.75. The van der Waals surface area contributed by atoms with E-state index in [9.17, 15) is 18.8 Å². The van der Waals surface area contributed by atoms with Gasteiger partial charge in [-0.2, -0.15) is 0 Å². The molecular weight excluding hydrogens is 613 g/mol. The molecule has 2 aliphatic rings. The number of nitrogens with zero attached hydrogens (tertiary/aromatic N) is 3. The average molecular weight is 648 g/mol. The van der Waals surface area contributed by atoms with Crippen molar-refractivity contribution < 1.29 is 33.0 Å². The van der Waals surface area contributed by atoms with Gasteiger partial charge < -0.3 is 29.7 Å². The number of ether oxygens (including phenoxy) is 3. The number of fused-ring (bicyclic) bond motifs is 2. The molecule has 6 rings (SSSR count). The van der Waals surface area contributed by atoms with Crippen molar-refractivity contribution in [3.8, 4) is 11.5 Å². The molecule has 11 nitrogen and oxygen atoms in total. The number of amides is 3. The highest BCUT2D eigenvalue weighted by Gasteiger charge is 2.26. The molecule has 2 aromatic carbocycles. The maximum absolute atomic E-state index is 14.7. The smallest absolute Gasteiger partial charge is 0.410 e. The molecule has 1 fully saturated rings. The van der Waals surface area contributed by atoms with E-state index in [1.54, 1.807) is 29.2 Å². The van der Waals surface area contributed by atoms with Gasteiger partial charge in [-0.05, 0) is 69.3 Å². The lowest BCUT2D eigenvalue weighted by molar-refractivity contribution is 0.0138. The van der Waals surface area contributed by atoms with E-state index in [2.05, 4.69) is 15.5 Å². The van der Waals surface area contributed by atoms with Crippen LogP contribution in [0.25, 0.3) is 10.2 Å². The fourth-order valence-corrected chi connectivity index (χ4v) is 6.02. The first-order valence-electron chi connectivity index (χ1n) is 14.9. The number of hydrogen-bond donors (Lipinski definition) is 2. The first kappa shape index (κ1) is 31.2. The number of nitrogens with one attached hydrogen (secondary N) is 2. The summed E-state index contributed by atoms with van der Waals surface area (Å²) in [4.78, 5) is 48.1. The van der Waals surface area contributed by atoms with Crippen LogP contribution in [0.2, 0.25) is 0 Å². The molecule has 0 saturated carbocycles. The molecule has 2 N–H and O–H groups in total. The van der Waals surface area contributed by atoms with Crippen LogP contribution < -0.4 is 20.1 Å². The van der Waals surface area contributed by atoms with Crippen LogP contribution in [0, 0.1) is 5.82 Å². The second kappa shape index (κ2) is 12.9. The van der Waals surface area contributed by atoms with Crippen molar-refractivity contribution in [2.45, 2.75) is 32.9 Å². The third-order valence-corrected chi connectivity index (χ3v) is 8.39. The summed E-state index contributed by atoms with van der Waals surface area (Å²) in [5, 5.41) is 6.15. The van der Waals surface area contributed by atoms with Crippen LogP contribution in [-0.4, -0.2) is 77.7 Å². The van der Waals surface area contributed by atoms with E-state index in [1.807, 2.05) is 32.9 Å². The number of pyridine rings is 1. The van der Waals surface area contributed by atoms with Crippen LogP contribution in [-0.2, 0) is 11.3 Å². The summed E-state index contributed by atoms with van der Waals surface area (Å²) < 4.78 is 31.2. The summed E-state index contributed by atoms with van der Waals surface area (Å²) in [6.45, 7) is 9.53. The van der Waals surface area contributed by atoms with Gasteiger partial charge in [0.15, 0.2) is 11.5 Å². The van der Waals surface area contributed by atoms with E-state index in [4.69, 9.17) is 19.2 Å². The van der Waals surface area contributed by atoms with E-state index >= 15 is 0 Å². The fraction of sp³-hybridized carbons (Fsp3) is 0.333. The molecule has 46 heavy (non-hydrogen) atoms. The minimum Gasteiger partial charge on any atom is -0.486 e. The lowest BCUT2D eigenvalue weighted by Gasteiger charge is -2.35. The van der Waals surface area contributed by atoms with Crippen molar-refractivity contribution >= 4 is 50.8 Å². The molecule has 0 radical (unpaired) electrons. The van der Waals surface area contributed by atoms with Gasteiger partial charge in [0.2, 0.25) is 0 Å². The largest absolute Gasteiger partial charge is 0.486 e. The molecule has 4 heterocycles. The Morgan fingerprint density at radius 2 is 1.67 bits per heavy atom. The van der Waals surface area contributed by atoms with Crippen molar-refractivity contribution in [2.75, 3.05) is 50.0 Å². The molecule has 0 atom stereocenters. The summed E-state index contributed by atoms with van der Waals surface area (Å²) in [5.74, 6) is -0.500. The fourth-order valence-electron chi connectivity index (χ4n) is 5.07. The zero-order valence-corrected chi connectivity index (χ0v) is 26.5. The second-order valence-electron chi connectivity index (χ2n) is 12.0. The number of anilines is 2. The van der Waals surface area contributed by atoms with E-state index < -0.39 is 23.2 Å². The monoisotopic (exact) mass is 647 g/mol. The van der Waals surface area contributed by atoms with Crippen molar-refractivity contribution in [2.24, 2.45) is 0 Å². The van der Waals surface area contributed by atoms with Gasteiger partial charge >= 0.3 is 6.09 Å². The molecule has 4 aromatic rings. The standard InChI is InChI=1S/C33H34FN5O6S/c1-33(2,3)45-32(42)39-12-10-38(11-13-39)19-23-6-4-21-17-28(46-31(21)36-23)30(41)37-25-18-22(7-8-24(25)34)35-29(40)20-5-9-26-27(16-20)44-15-14-43-26/h4-9,16-18H,10-15,19H2,1-3H3,(H,35,40)(H,37,41). The number of piperazine rings is 1. The Labute approximate surface area is 269 Å². The zero-order valence-electron chi connectivity index (χ0n) is 25.7. The normalized spacial score (nSPS) is 15.0. The van der Waals surface area contributed by atoms with Crippen LogP contribution in [0.4, 0.5) is 20.6 Å². The predicted octanol–water partition coefficient (Wildman–Crippen LogP) is 5.76. The maximum Gasteiger partial charge on any atom is 0.410 e. The molecule has 13 heteroatoms. The van der Waals surface area contributed by atoms with Crippen molar-refractivity contribution in [1.29, 1.82) is 0 Å². The summed E-state index contributed by atoms with van der Waals surface area (Å²) in [6.07, 6.45) is -0.302. The predicted molar refractivity (Wildman–Crippen MR) is 172 cm³/mol. The zero-order chi connectivity index (χ0) is 32.4. The molecule has 0 unspecified atom stereocenters. The summed E-state index contributed by atoms with van der Waals surface area (Å²) in [6, 6.07) is 14.4. The van der Waals surface area contributed by atoms with Crippen LogP contribution in [0.3, 0.4) is 0 Å². The highest BCUT2D eigenvalue weighted by atomic mass is 32.1. The van der Waals surface area contributed by atoms with Crippen molar-refractivity contribution in [3.63, 3.8) is 0 Å². The molecule has 2 aliphatic heterocycles. The first-order valence-corrected chi connectivity index (χ1v) is 15.7. The van der Waals surface area contributed by atoms with Gasteiger partial charge in [0.1, 0.15) is 29.5 Å². The van der Waals surface area contributed by atoms with Gasteiger partial charge in [0.25, 0.3) is 11.8 Å². The molecular formula is C33H34FN5O6S. The highest BCUT2D eigenvalue weighted by molar-refractivity contribution is 7.20.